The largest absolute Gasteiger partial charge is 0.461 e. The number of amides is 1. The fourth-order valence-electron chi connectivity index (χ4n) is 2.28. The summed E-state index contributed by atoms with van der Waals surface area (Å²) in [5.41, 5.74) is 2.88. The Morgan fingerprint density at radius 1 is 1.48 bits per heavy atom. The second-order valence-corrected chi connectivity index (χ2v) is 4.76. The third-order valence-electron chi connectivity index (χ3n) is 3.22. The van der Waals surface area contributed by atoms with Crippen molar-refractivity contribution in [1.82, 2.24) is 15.0 Å². The average molecular weight is 286 g/mol. The van der Waals surface area contributed by atoms with Crippen LogP contribution >= 0.6 is 0 Å². The second-order valence-electron chi connectivity index (χ2n) is 4.76. The fraction of sp³-hybridized carbons (Fsp3) is 0.286. The molecule has 21 heavy (non-hydrogen) atoms. The molecule has 0 unspecified atom stereocenters. The van der Waals surface area contributed by atoms with Crippen LogP contribution in [0.1, 0.15) is 28.7 Å². The Labute approximate surface area is 120 Å². The molecular weight excluding hydrogens is 272 g/mol. The quantitative estimate of drug-likeness (QED) is 0.840. The Morgan fingerprint density at radius 2 is 2.29 bits per heavy atom. The summed E-state index contributed by atoms with van der Waals surface area (Å²) in [6.07, 6.45) is 0.0227. The predicted molar refractivity (Wildman–Crippen MR) is 74.4 cm³/mol. The maximum atomic E-state index is 12.0. The van der Waals surface area contributed by atoms with E-state index in [9.17, 15) is 9.59 Å². The molecule has 3 rings (SSSR count). The van der Waals surface area contributed by atoms with Crippen LogP contribution < -0.4 is 5.32 Å². The number of hydrogen-bond donors (Lipinski definition) is 1. The van der Waals surface area contributed by atoms with Gasteiger partial charge in [0, 0.05) is 0 Å². The normalized spacial score (nSPS) is 13.0. The van der Waals surface area contributed by atoms with E-state index in [4.69, 9.17) is 4.74 Å². The highest BCUT2D eigenvalue weighted by atomic mass is 16.5. The van der Waals surface area contributed by atoms with Gasteiger partial charge in [-0.15, -0.1) is 5.10 Å². The van der Waals surface area contributed by atoms with Gasteiger partial charge in [0.15, 0.2) is 5.69 Å². The van der Waals surface area contributed by atoms with Gasteiger partial charge in [0.1, 0.15) is 0 Å². The van der Waals surface area contributed by atoms with E-state index in [1.54, 1.807) is 6.92 Å². The molecule has 7 heteroatoms. The van der Waals surface area contributed by atoms with Crippen molar-refractivity contribution < 1.29 is 14.3 Å². The number of rotatable bonds is 2. The molecule has 0 bridgehead atoms. The maximum Gasteiger partial charge on any atom is 0.360 e. The maximum absolute atomic E-state index is 12.0. The van der Waals surface area contributed by atoms with Crippen LogP contribution in [0.3, 0.4) is 0 Å². The molecule has 1 aliphatic heterocycles. The number of ether oxygens (including phenoxy) is 1. The van der Waals surface area contributed by atoms with E-state index in [-0.39, 0.29) is 24.6 Å². The molecular formula is C14H14N4O3. The molecule has 0 saturated heterocycles. The van der Waals surface area contributed by atoms with Crippen LogP contribution in [0.25, 0.3) is 5.69 Å². The second kappa shape index (κ2) is 5.01. The fourth-order valence-corrected chi connectivity index (χ4v) is 2.28. The number of anilines is 1. The molecule has 1 amide bonds. The van der Waals surface area contributed by atoms with Gasteiger partial charge in [0.2, 0.25) is 5.91 Å². The third kappa shape index (κ3) is 2.26. The van der Waals surface area contributed by atoms with Gasteiger partial charge < -0.3 is 10.1 Å². The van der Waals surface area contributed by atoms with Crippen LogP contribution in [-0.4, -0.2) is 33.5 Å². The Morgan fingerprint density at radius 3 is 3.05 bits per heavy atom. The van der Waals surface area contributed by atoms with Crippen molar-refractivity contribution in [3.63, 3.8) is 0 Å². The molecule has 0 fully saturated rings. The molecule has 2 heterocycles. The van der Waals surface area contributed by atoms with Crippen LogP contribution in [0, 0.1) is 6.92 Å². The van der Waals surface area contributed by atoms with Gasteiger partial charge in [-0.3, -0.25) is 4.79 Å². The summed E-state index contributed by atoms with van der Waals surface area (Å²) < 4.78 is 6.47. The van der Waals surface area contributed by atoms with E-state index in [1.165, 1.54) is 4.68 Å². The van der Waals surface area contributed by atoms with Crippen molar-refractivity contribution >= 4 is 17.6 Å². The molecule has 1 aliphatic rings. The van der Waals surface area contributed by atoms with E-state index in [0.29, 0.717) is 17.1 Å². The highest BCUT2D eigenvalue weighted by Gasteiger charge is 2.27. The highest BCUT2D eigenvalue weighted by molar-refractivity contribution is 5.98. The van der Waals surface area contributed by atoms with E-state index in [1.807, 2.05) is 25.1 Å². The molecule has 0 atom stereocenters. The van der Waals surface area contributed by atoms with Gasteiger partial charge >= 0.3 is 5.97 Å². The van der Waals surface area contributed by atoms with Crippen molar-refractivity contribution in [3.8, 4) is 5.69 Å². The predicted octanol–water partition coefficient (Wildman–Crippen LogP) is 1.25. The van der Waals surface area contributed by atoms with E-state index in [2.05, 4.69) is 15.6 Å². The summed E-state index contributed by atoms with van der Waals surface area (Å²) >= 11 is 0. The minimum Gasteiger partial charge on any atom is -0.461 e. The Bertz CT molecular complexity index is 736. The number of nitrogens with zero attached hydrogens (tertiary/aromatic N) is 3. The van der Waals surface area contributed by atoms with Crippen molar-refractivity contribution in [3.05, 3.63) is 35.2 Å². The summed E-state index contributed by atoms with van der Waals surface area (Å²) in [4.78, 5) is 23.9. The van der Waals surface area contributed by atoms with Gasteiger partial charge in [0.25, 0.3) is 0 Å². The number of fused-ring (bicyclic) bond motifs is 3. The first-order valence-electron chi connectivity index (χ1n) is 6.62. The monoisotopic (exact) mass is 286 g/mol. The Hall–Kier alpha value is -2.70. The topological polar surface area (TPSA) is 86.1 Å². The standard InChI is InChI=1S/C14H14N4O3/c1-3-21-14(20)13-11-7-12(19)15-9-5-4-8(2)6-10(9)18(11)17-16-13/h4-6H,3,7H2,1-2H3,(H,15,19). The van der Waals surface area contributed by atoms with Crippen LogP contribution in [0.15, 0.2) is 18.2 Å². The number of esters is 1. The molecule has 108 valence electrons. The van der Waals surface area contributed by atoms with E-state index >= 15 is 0 Å². The van der Waals surface area contributed by atoms with Crippen LogP contribution in [0.2, 0.25) is 0 Å². The first-order chi connectivity index (χ1) is 10.1. The van der Waals surface area contributed by atoms with E-state index < -0.39 is 5.97 Å². The average Bonchev–Trinajstić information content (AvgIpc) is 2.79. The lowest BCUT2D eigenvalue weighted by molar-refractivity contribution is -0.115. The zero-order valence-corrected chi connectivity index (χ0v) is 11.7. The van der Waals surface area contributed by atoms with Gasteiger partial charge in [0.05, 0.1) is 30.1 Å². The van der Waals surface area contributed by atoms with Crippen molar-refractivity contribution in [1.29, 1.82) is 0 Å². The number of aryl methyl sites for hydroxylation is 1. The molecule has 0 saturated carbocycles. The van der Waals surface area contributed by atoms with E-state index in [0.717, 1.165) is 5.56 Å². The van der Waals surface area contributed by atoms with Crippen LogP contribution in [0.4, 0.5) is 5.69 Å². The molecule has 0 aliphatic carbocycles. The van der Waals surface area contributed by atoms with Crippen LogP contribution in [0.5, 0.6) is 0 Å². The molecule has 2 aromatic rings. The Balaban J connectivity index is 2.17. The Kier molecular flexibility index (Phi) is 3.17. The lowest BCUT2D eigenvalue weighted by Crippen LogP contribution is -2.16. The summed E-state index contributed by atoms with van der Waals surface area (Å²) in [5.74, 6) is -0.783. The number of benzene rings is 1. The first kappa shape index (κ1) is 13.3. The van der Waals surface area contributed by atoms with Crippen molar-refractivity contribution in [2.75, 3.05) is 11.9 Å². The molecule has 1 N–H and O–H groups in total. The summed E-state index contributed by atoms with van der Waals surface area (Å²) in [6, 6.07) is 5.59. The van der Waals surface area contributed by atoms with Gasteiger partial charge in [-0.05, 0) is 31.5 Å². The SMILES string of the molecule is CCOC(=O)c1nnn2c1CC(=O)Nc1ccc(C)cc1-2. The summed E-state index contributed by atoms with van der Waals surface area (Å²) in [5, 5.41) is 10.7. The minimum absolute atomic E-state index is 0.0227. The third-order valence-corrected chi connectivity index (χ3v) is 3.22. The molecule has 1 aromatic carbocycles. The lowest BCUT2D eigenvalue weighted by atomic mass is 10.2. The van der Waals surface area contributed by atoms with Gasteiger partial charge in [-0.25, -0.2) is 9.48 Å². The molecule has 1 aromatic heterocycles. The minimum atomic E-state index is -0.567. The molecule has 0 radical (unpaired) electrons. The van der Waals surface area contributed by atoms with Gasteiger partial charge in [-0.1, -0.05) is 11.3 Å². The molecule has 7 nitrogen and oxygen atoms in total. The highest BCUT2D eigenvalue weighted by Crippen LogP contribution is 2.27. The lowest BCUT2D eigenvalue weighted by Gasteiger charge is -2.08. The number of carbonyl (C=O) groups excluding carboxylic acids is 2. The molecule has 0 spiro atoms. The summed E-state index contributed by atoms with van der Waals surface area (Å²) in [6.45, 7) is 3.90. The first-order valence-corrected chi connectivity index (χ1v) is 6.62. The number of nitrogens with one attached hydrogen (secondary N) is 1. The van der Waals surface area contributed by atoms with Crippen LogP contribution in [-0.2, 0) is 16.0 Å². The summed E-state index contributed by atoms with van der Waals surface area (Å²) in [7, 11) is 0. The number of carbonyl (C=O) groups is 2. The number of hydrogen-bond acceptors (Lipinski definition) is 5. The number of aromatic nitrogens is 3. The smallest absolute Gasteiger partial charge is 0.360 e. The van der Waals surface area contributed by atoms with Crippen molar-refractivity contribution in [2.45, 2.75) is 20.3 Å². The zero-order valence-electron chi connectivity index (χ0n) is 11.7. The zero-order chi connectivity index (χ0) is 15.0. The van der Waals surface area contributed by atoms with Gasteiger partial charge in [-0.2, -0.15) is 0 Å². The van der Waals surface area contributed by atoms with Crippen molar-refractivity contribution in [2.24, 2.45) is 0 Å².